The van der Waals surface area contributed by atoms with Crippen LogP contribution in [0.1, 0.15) is 11.1 Å². The number of rotatable bonds is 5. The molecule has 0 saturated carbocycles. The number of nitro groups is 1. The molecule has 0 saturated heterocycles. The summed E-state index contributed by atoms with van der Waals surface area (Å²) in [4.78, 5) is 21.5. The molecule has 0 heterocycles. The van der Waals surface area contributed by atoms with Gasteiger partial charge in [0.15, 0.2) is 0 Å². The summed E-state index contributed by atoms with van der Waals surface area (Å²) in [5.74, 6) is -0.140. The molecule has 0 atom stereocenters. The summed E-state index contributed by atoms with van der Waals surface area (Å²) in [6.45, 7) is 2.21. The molecule has 0 spiro atoms. The molecule has 2 N–H and O–H groups in total. The number of halogens is 1. The summed E-state index contributed by atoms with van der Waals surface area (Å²) >= 11 is 0. The van der Waals surface area contributed by atoms with E-state index in [9.17, 15) is 14.9 Å². The topological polar surface area (TPSA) is 84.3 Å². The van der Waals surface area contributed by atoms with Gasteiger partial charge in [-0.1, -0.05) is 12.1 Å². The Hall–Kier alpha value is -1.66. The second-order valence-corrected chi connectivity index (χ2v) is 3.63. The minimum atomic E-state index is -0.422. The van der Waals surface area contributed by atoms with Gasteiger partial charge in [0.1, 0.15) is 0 Å². The zero-order chi connectivity index (χ0) is 12.8. The van der Waals surface area contributed by atoms with Crippen molar-refractivity contribution >= 4 is 24.0 Å². The van der Waals surface area contributed by atoms with Gasteiger partial charge in [-0.3, -0.25) is 14.9 Å². The number of likely N-dealkylation sites (N-methyl/N-ethyl adjacent to an activating group) is 1. The first-order valence-corrected chi connectivity index (χ1v) is 5.20. The molecule has 0 aromatic heterocycles. The molecule has 0 radical (unpaired) electrons. The van der Waals surface area contributed by atoms with Crippen molar-refractivity contribution in [3.8, 4) is 0 Å². The Morgan fingerprint density at radius 3 is 2.67 bits per heavy atom. The normalized spacial score (nSPS) is 9.44. The lowest BCUT2D eigenvalue weighted by Crippen LogP contribution is -2.31. The second-order valence-electron chi connectivity index (χ2n) is 3.63. The monoisotopic (exact) mass is 273 g/mol. The number of hydrogen-bond donors (Lipinski definition) is 2. The minimum Gasteiger partial charge on any atom is -0.351 e. The number of nitro benzene ring substituents is 1. The Labute approximate surface area is 111 Å². The van der Waals surface area contributed by atoms with Gasteiger partial charge in [0.2, 0.25) is 5.91 Å². The zero-order valence-corrected chi connectivity index (χ0v) is 11.0. The first-order valence-electron chi connectivity index (χ1n) is 5.20. The van der Waals surface area contributed by atoms with Gasteiger partial charge in [0.25, 0.3) is 5.69 Å². The number of nitrogens with one attached hydrogen (secondary N) is 2. The lowest BCUT2D eigenvalue weighted by molar-refractivity contribution is -0.385. The second kappa shape index (κ2) is 7.62. The summed E-state index contributed by atoms with van der Waals surface area (Å²) in [5.41, 5.74) is 1.41. The van der Waals surface area contributed by atoms with Crippen LogP contribution in [0, 0.1) is 17.0 Å². The van der Waals surface area contributed by atoms with Crippen molar-refractivity contribution in [3.05, 3.63) is 39.4 Å². The maximum absolute atomic E-state index is 11.2. The third kappa shape index (κ3) is 4.31. The number of benzene rings is 1. The highest BCUT2D eigenvalue weighted by Crippen LogP contribution is 2.20. The van der Waals surface area contributed by atoms with Crippen LogP contribution >= 0.6 is 12.4 Å². The van der Waals surface area contributed by atoms with Crippen LogP contribution in [0.2, 0.25) is 0 Å². The molecule has 0 aliphatic heterocycles. The summed E-state index contributed by atoms with van der Waals surface area (Å²) in [6.07, 6.45) is 0. The number of carbonyl (C=O) groups is 1. The summed E-state index contributed by atoms with van der Waals surface area (Å²) in [6, 6.07) is 4.83. The minimum absolute atomic E-state index is 0. The molecule has 1 aromatic rings. The molecular weight excluding hydrogens is 258 g/mol. The van der Waals surface area contributed by atoms with E-state index in [2.05, 4.69) is 10.6 Å². The number of carbonyl (C=O) groups excluding carboxylic acids is 1. The van der Waals surface area contributed by atoms with Crippen LogP contribution in [0.25, 0.3) is 0 Å². The predicted molar refractivity (Wildman–Crippen MR) is 70.9 cm³/mol. The fourth-order valence-corrected chi connectivity index (χ4v) is 1.48. The van der Waals surface area contributed by atoms with Crippen LogP contribution in [-0.2, 0) is 11.3 Å². The average Bonchev–Trinajstić information content (AvgIpc) is 2.27. The van der Waals surface area contributed by atoms with Gasteiger partial charge in [-0.2, -0.15) is 0 Å². The maximum atomic E-state index is 11.2. The van der Waals surface area contributed by atoms with E-state index in [-0.39, 0.29) is 30.5 Å². The number of nitrogens with zero attached hydrogens (tertiary/aromatic N) is 1. The number of hydrogen-bond acceptors (Lipinski definition) is 4. The Kier molecular flexibility index (Phi) is 6.92. The van der Waals surface area contributed by atoms with Crippen LogP contribution < -0.4 is 10.6 Å². The van der Waals surface area contributed by atoms with Gasteiger partial charge in [0.05, 0.1) is 11.5 Å². The number of amides is 1. The third-order valence-corrected chi connectivity index (χ3v) is 2.43. The van der Waals surface area contributed by atoms with Crippen molar-refractivity contribution in [2.75, 3.05) is 13.6 Å². The van der Waals surface area contributed by atoms with Crippen molar-refractivity contribution in [2.45, 2.75) is 13.5 Å². The Morgan fingerprint density at radius 1 is 1.44 bits per heavy atom. The summed E-state index contributed by atoms with van der Waals surface area (Å²) < 4.78 is 0. The van der Waals surface area contributed by atoms with Crippen molar-refractivity contribution < 1.29 is 9.72 Å². The van der Waals surface area contributed by atoms with E-state index in [1.807, 2.05) is 0 Å². The molecule has 0 bridgehead atoms. The Balaban J connectivity index is 0.00000289. The highest BCUT2D eigenvalue weighted by Gasteiger charge is 2.13. The predicted octanol–water partition coefficient (Wildman–Crippen LogP) is 1.16. The highest BCUT2D eigenvalue weighted by molar-refractivity contribution is 5.85. The van der Waals surface area contributed by atoms with Crippen LogP contribution in [0.3, 0.4) is 0 Å². The Bertz CT molecular complexity index is 438. The molecule has 1 amide bonds. The van der Waals surface area contributed by atoms with E-state index in [0.29, 0.717) is 12.1 Å². The van der Waals surface area contributed by atoms with Crippen molar-refractivity contribution in [3.63, 3.8) is 0 Å². The third-order valence-electron chi connectivity index (χ3n) is 2.43. The van der Waals surface area contributed by atoms with E-state index < -0.39 is 4.92 Å². The standard InChI is InChI=1S/C11H15N3O3.ClH/c1-8-9(6-13-11(15)7-12-2)4-3-5-10(8)14(16)17;/h3-5,12H,6-7H2,1-2H3,(H,13,15);1H. The molecule has 6 nitrogen and oxygen atoms in total. The summed E-state index contributed by atoms with van der Waals surface area (Å²) in [5, 5.41) is 16.1. The van der Waals surface area contributed by atoms with Gasteiger partial charge in [-0.25, -0.2) is 0 Å². The van der Waals surface area contributed by atoms with Crippen LogP contribution in [0.5, 0.6) is 0 Å². The van der Waals surface area contributed by atoms with Gasteiger partial charge in [-0.15, -0.1) is 12.4 Å². The van der Waals surface area contributed by atoms with Gasteiger partial charge in [0, 0.05) is 18.2 Å². The Morgan fingerprint density at radius 2 is 2.11 bits per heavy atom. The van der Waals surface area contributed by atoms with Crippen molar-refractivity contribution in [1.29, 1.82) is 0 Å². The van der Waals surface area contributed by atoms with E-state index in [1.54, 1.807) is 26.1 Å². The largest absolute Gasteiger partial charge is 0.351 e. The molecule has 18 heavy (non-hydrogen) atoms. The molecule has 7 heteroatoms. The SMILES string of the molecule is CNCC(=O)NCc1cccc([N+](=O)[O-])c1C.Cl. The van der Waals surface area contributed by atoms with E-state index in [4.69, 9.17) is 0 Å². The molecule has 0 aliphatic rings. The molecule has 0 fully saturated rings. The van der Waals surface area contributed by atoms with Crippen LogP contribution in [0.4, 0.5) is 5.69 Å². The maximum Gasteiger partial charge on any atom is 0.272 e. The molecule has 0 unspecified atom stereocenters. The van der Waals surface area contributed by atoms with Crippen molar-refractivity contribution in [2.24, 2.45) is 0 Å². The fourth-order valence-electron chi connectivity index (χ4n) is 1.48. The molecule has 100 valence electrons. The van der Waals surface area contributed by atoms with E-state index in [1.165, 1.54) is 6.07 Å². The first-order chi connectivity index (χ1) is 8.06. The van der Waals surface area contributed by atoms with Gasteiger partial charge in [-0.05, 0) is 19.5 Å². The molecule has 0 aliphatic carbocycles. The lowest BCUT2D eigenvalue weighted by Gasteiger charge is -2.07. The smallest absolute Gasteiger partial charge is 0.272 e. The van der Waals surface area contributed by atoms with Crippen molar-refractivity contribution in [1.82, 2.24) is 10.6 Å². The zero-order valence-electron chi connectivity index (χ0n) is 10.2. The molecule has 1 aromatic carbocycles. The first kappa shape index (κ1) is 16.3. The fraction of sp³-hybridized carbons (Fsp3) is 0.364. The van der Waals surface area contributed by atoms with Crippen LogP contribution in [-0.4, -0.2) is 24.4 Å². The van der Waals surface area contributed by atoms with Gasteiger partial charge < -0.3 is 10.6 Å². The molecule has 1 rings (SSSR count). The lowest BCUT2D eigenvalue weighted by atomic mass is 10.1. The quantitative estimate of drug-likeness (QED) is 0.623. The average molecular weight is 274 g/mol. The van der Waals surface area contributed by atoms with E-state index >= 15 is 0 Å². The molecular formula is C11H16ClN3O3. The van der Waals surface area contributed by atoms with E-state index in [0.717, 1.165) is 5.56 Å². The highest BCUT2D eigenvalue weighted by atomic mass is 35.5. The summed E-state index contributed by atoms with van der Waals surface area (Å²) in [7, 11) is 1.68. The van der Waals surface area contributed by atoms with Crippen LogP contribution in [0.15, 0.2) is 18.2 Å². The van der Waals surface area contributed by atoms with Gasteiger partial charge >= 0.3 is 0 Å².